The van der Waals surface area contributed by atoms with Gasteiger partial charge in [0.1, 0.15) is 0 Å². The van der Waals surface area contributed by atoms with Gasteiger partial charge in [-0.1, -0.05) is 25.1 Å². The second kappa shape index (κ2) is 8.56. The fourth-order valence-electron chi connectivity index (χ4n) is 1.76. The van der Waals surface area contributed by atoms with E-state index < -0.39 is 11.9 Å². The van der Waals surface area contributed by atoms with Crippen LogP contribution in [0.2, 0.25) is 0 Å². The average Bonchev–Trinajstić information content (AvgIpc) is 2.50. The fourth-order valence-corrected chi connectivity index (χ4v) is 1.76. The third kappa shape index (κ3) is 5.35. The van der Waals surface area contributed by atoms with Crippen molar-refractivity contribution in [1.82, 2.24) is 5.32 Å². The summed E-state index contributed by atoms with van der Waals surface area (Å²) in [5.41, 5.74) is 5.43. The summed E-state index contributed by atoms with van der Waals surface area (Å²) >= 11 is 0. The molecule has 0 bridgehead atoms. The molecule has 0 heterocycles. The van der Waals surface area contributed by atoms with Crippen LogP contribution in [0.15, 0.2) is 24.3 Å². The summed E-state index contributed by atoms with van der Waals surface area (Å²) in [6.07, 6.45) is 0.645. The minimum atomic E-state index is -0.832. The molecule has 7 nitrogen and oxygen atoms in total. The van der Waals surface area contributed by atoms with Crippen LogP contribution in [0.25, 0.3) is 0 Å². The van der Waals surface area contributed by atoms with Crippen LogP contribution >= 0.6 is 0 Å². The largest absolute Gasteiger partial charge is 0.389 e. The minimum absolute atomic E-state index is 0.00983. The van der Waals surface area contributed by atoms with E-state index in [-0.39, 0.29) is 35.7 Å². The molecular formula is C15H19N3O4. The molecule has 7 heteroatoms. The first kappa shape index (κ1) is 17.4. The van der Waals surface area contributed by atoms with E-state index >= 15 is 0 Å². The van der Waals surface area contributed by atoms with Gasteiger partial charge < -0.3 is 15.8 Å². The van der Waals surface area contributed by atoms with E-state index in [0.717, 1.165) is 0 Å². The molecule has 0 aliphatic carbocycles. The molecule has 22 heavy (non-hydrogen) atoms. The Balaban J connectivity index is 2.60. The molecule has 0 spiro atoms. The number of carbonyl (C=O) groups is 3. The minimum Gasteiger partial charge on any atom is -0.389 e. The van der Waals surface area contributed by atoms with Gasteiger partial charge in [-0.2, -0.15) is 0 Å². The standard InChI is InChI=1S/C15H19N3O4/c1-2-12(19)10-6-3-4-7-11(10)14(21)22-13(20)8-5-9-18-15(16)17/h3-4,6-7H,2,5,8-9H2,1H3,(H4,16,17,18). The number of nitrogens with two attached hydrogens (primary N) is 1. The Bertz CT molecular complexity index is 584. The number of nitrogens with one attached hydrogen (secondary N) is 2. The molecule has 0 saturated heterocycles. The predicted octanol–water partition coefficient (Wildman–Crippen LogP) is 1.23. The van der Waals surface area contributed by atoms with Gasteiger partial charge >= 0.3 is 11.9 Å². The molecule has 0 aromatic heterocycles. The van der Waals surface area contributed by atoms with Crippen LogP contribution < -0.4 is 11.1 Å². The lowest BCUT2D eigenvalue weighted by atomic mass is 10.0. The van der Waals surface area contributed by atoms with Crippen molar-refractivity contribution in [3.8, 4) is 0 Å². The highest BCUT2D eigenvalue weighted by molar-refractivity contribution is 6.08. The van der Waals surface area contributed by atoms with E-state index in [0.29, 0.717) is 13.0 Å². The molecule has 4 N–H and O–H groups in total. The van der Waals surface area contributed by atoms with Gasteiger partial charge in [0.25, 0.3) is 0 Å². The van der Waals surface area contributed by atoms with Crippen molar-refractivity contribution in [3.63, 3.8) is 0 Å². The highest BCUT2D eigenvalue weighted by Gasteiger charge is 2.19. The Kier molecular flexibility index (Phi) is 6.75. The molecular weight excluding hydrogens is 286 g/mol. The first-order valence-electron chi connectivity index (χ1n) is 6.90. The number of benzene rings is 1. The van der Waals surface area contributed by atoms with Crippen LogP contribution in [-0.2, 0) is 9.53 Å². The summed E-state index contributed by atoms with van der Waals surface area (Å²) in [5.74, 6) is -1.89. The van der Waals surface area contributed by atoms with Gasteiger partial charge in [0.05, 0.1) is 5.56 Å². The third-order valence-corrected chi connectivity index (χ3v) is 2.85. The van der Waals surface area contributed by atoms with Crippen LogP contribution in [0.5, 0.6) is 0 Å². The summed E-state index contributed by atoms with van der Waals surface area (Å²) in [5, 5.41) is 9.49. The predicted molar refractivity (Wildman–Crippen MR) is 80.6 cm³/mol. The number of Topliss-reactive ketones (excluding diaryl/α,β-unsaturated/α-hetero) is 1. The lowest BCUT2D eigenvalue weighted by Crippen LogP contribution is -2.31. The Labute approximate surface area is 128 Å². The smallest absolute Gasteiger partial charge is 0.346 e. The molecule has 0 atom stereocenters. The van der Waals surface area contributed by atoms with Gasteiger partial charge in [-0.3, -0.25) is 15.0 Å². The number of guanidine groups is 1. The Morgan fingerprint density at radius 2 is 1.86 bits per heavy atom. The molecule has 0 aliphatic rings. The maximum absolute atomic E-state index is 12.0. The van der Waals surface area contributed by atoms with Crippen molar-refractivity contribution < 1.29 is 19.1 Å². The highest BCUT2D eigenvalue weighted by Crippen LogP contribution is 2.13. The number of hydrogen-bond donors (Lipinski definition) is 3. The molecule has 0 fully saturated rings. The number of ketones is 1. The van der Waals surface area contributed by atoms with Gasteiger partial charge in [0.15, 0.2) is 11.7 Å². The van der Waals surface area contributed by atoms with Gasteiger partial charge in [0, 0.05) is 24.9 Å². The van der Waals surface area contributed by atoms with Gasteiger partial charge in [-0.25, -0.2) is 4.79 Å². The van der Waals surface area contributed by atoms with E-state index in [9.17, 15) is 14.4 Å². The maximum Gasteiger partial charge on any atom is 0.346 e. The van der Waals surface area contributed by atoms with Crippen LogP contribution in [-0.4, -0.2) is 30.2 Å². The SMILES string of the molecule is CCC(=O)c1ccccc1C(=O)OC(=O)CCCNC(=N)N. The topological polar surface area (TPSA) is 122 Å². The molecule has 118 valence electrons. The van der Waals surface area contributed by atoms with E-state index in [1.54, 1.807) is 19.1 Å². The molecule has 0 aliphatic heterocycles. The lowest BCUT2D eigenvalue weighted by molar-refractivity contribution is -0.138. The Morgan fingerprint density at radius 1 is 1.23 bits per heavy atom. The van der Waals surface area contributed by atoms with Gasteiger partial charge in [-0.05, 0) is 12.5 Å². The third-order valence-electron chi connectivity index (χ3n) is 2.85. The molecule has 1 aromatic carbocycles. The average molecular weight is 305 g/mol. The Hall–Kier alpha value is -2.70. The normalized spacial score (nSPS) is 9.86. The van der Waals surface area contributed by atoms with Crippen molar-refractivity contribution in [2.45, 2.75) is 26.2 Å². The van der Waals surface area contributed by atoms with Crippen LogP contribution in [0.3, 0.4) is 0 Å². The zero-order valence-corrected chi connectivity index (χ0v) is 12.3. The quantitative estimate of drug-likeness (QED) is 0.174. The molecule has 0 radical (unpaired) electrons. The zero-order valence-electron chi connectivity index (χ0n) is 12.3. The van der Waals surface area contributed by atoms with Crippen molar-refractivity contribution in [2.75, 3.05) is 6.54 Å². The van der Waals surface area contributed by atoms with Crippen molar-refractivity contribution in [3.05, 3.63) is 35.4 Å². The molecule has 0 unspecified atom stereocenters. The molecule has 0 saturated carbocycles. The van der Waals surface area contributed by atoms with Crippen LogP contribution in [0, 0.1) is 5.41 Å². The number of ether oxygens (including phenoxy) is 1. The highest BCUT2D eigenvalue weighted by atomic mass is 16.6. The lowest BCUT2D eigenvalue weighted by Gasteiger charge is -2.07. The van der Waals surface area contributed by atoms with Gasteiger partial charge in [-0.15, -0.1) is 0 Å². The number of hydrogen-bond acceptors (Lipinski definition) is 5. The first-order valence-corrected chi connectivity index (χ1v) is 6.90. The molecule has 0 amide bonds. The second-order valence-electron chi connectivity index (χ2n) is 4.53. The summed E-state index contributed by atoms with van der Waals surface area (Å²) < 4.78 is 4.74. The van der Waals surface area contributed by atoms with E-state index in [1.807, 2.05) is 0 Å². The second-order valence-corrected chi connectivity index (χ2v) is 4.53. The zero-order chi connectivity index (χ0) is 16.5. The summed E-state index contributed by atoms with van der Waals surface area (Å²) in [6.45, 7) is 2.03. The Morgan fingerprint density at radius 3 is 2.45 bits per heavy atom. The number of carbonyl (C=O) groups excluding carboxylic acids is 3. The number of esters is 2. The number of rotatable bonds is 7. The molecule has 1 aromatic rings. The van der Waals surface area contributed by atoms with Gasteiger partial charge in [0.2, 0.25) is 0 Å². The fraction of sp³-hybridized carbons (Fsp3) is 0.333. The summed E-state index contributed by atoms with van der Waals surface area (Å²) in [6, 6.07) is 6.23. The van der Waals surface area contributed by atoms with E-state index in [2.05, 4.69) is 5.32 Å². The van der Waals surface area contributed by atoms with E-state index in [1.165, 1.54) is 12.1 Å². The van der Waals surface area contributed by atoms with Crippen molar-refractivity contribution in [1.29, 1.82) is 5.41 Å². The molecule has 1 rings (SSSR count). The van der Waals surface area contributed by atoms with E-state index in [4.69, 9.17) is 15.9 Å². The van der Waals surface area contributed by atoms with Crippen LogP contribution in [0.4, 0.5) is 0 Å². The van der Waals surface area contributed by atoms with Crippen LogP contribution in [0.1, 0.15) is 46.9 Å². The summed E-state index contributed by atoms with van der Waals surface area (Å²) in [4.78, 5) is 35.3. The maximum atomic E-state index is 12.0. The first-order chi connectivity index (χ1) is 10.5. The monoisotopic (exact) mass is 305 g/mol. The summed E-state index contributed by atoms with van der Waals surface area (Å²) in [7, 11) is 0. The van der Waals surface area contributed by atoms with Crippen molar-refractivity contribution >= 4 is 23.7 Å². The van der Waals surface area contributed by atoms with Crippen molar-refractivity contribution in [2.24, 2.45) is 5.73 Å².